The van der Waals surface area contributed by atoms with Gasteiger partial charge >= 0.3 is 5.97 Å². The number of ether oxygens (including phenoxy) is 1. The summed E-state index contributed by atoms with van der Waals surface area (Å²) >= 11 is 1.18. The Bertz CT molecular complexity index is 658. The lowest BCUT2D eigenvalue weighted by molar-refractivity contribution is -0.384. The molecule has 0 aromatic heterocycles. The van der Waals surface area contributed by atoms with E-state index in [4.69, 9.17) is 0 Å². The monoisotopic (exact) mass is 332 g/mol. The Kier molecular flexibility index (Phi) is 4.49. The molecule has 0 saturated carbocycles. The van der Waals surface area contributed by atoms with Gasteiger partial charge in [-0.25, -0.2) is 13.2 Å². The Morgan fingerprint density at radius 3 is 2.57 bits per heavy atom. The number of sulfonamides is 1. The van der Waals surface area contributed by atoms with Crippen LogP contribution in [0.3, 0.4) is 0 Å². The number of nitro benzene ring substituents is 1. The Labute approximate surface area is 125 Å². The molecule has 1 heterocycles. The molecule has 8 nitrogen and oxygen atoms in total. The zero-order valence-electron chi connectivity index (χ0n) is 11.0. The predicted octanol–water partition coefficient (Wildman–Crippen LogP) is 0.831. The number of non-ortho nitro benzene ring substituents is 1. The van der Waals surface area contributed by atoms with Crippen LogP contribution in [0.5, 0.6) is 0 Å². The first-order valence-electron chi connectivity index (χ1n) is 5.83. The molecule has 1 atom stereocenters. The molecule has 0 unspecified atom stereocenters. The SMILES string of the molecule is COC(=O)[C@@H]1SCCN1S(=O)(=O)c1ccc([N+](=O)[O-])cc1. The lowest BCUT2D eigenvalue weighted by Crippen LogP contribution is -2.39. The minimum atomic E-state index is -3.90. The van der Waals surface area contributed by atoms with Crippen LogP contribution in [0.15, 0.2) is 29.2 Å². The summed E-state index contributed by atoms with van der Waals surface area (Å²) in [5.74, 6) is -0.158. The van der Waals surface area contributed by atoms with Crippen LogP contribution in [-0.4, -0.2) is 48.4 Å². The van der Waals surface area contributed by atoms with E-state index in [0.717, 1.165) is 28.6 Å². The second kappa shape index (κ2) is 6.00. The van der Waals surface area contributed by atoms with Crippen LogP contribution in [-0.2, 0) is 19.6 Å². The number of hydrogen-bond acceptors (Lipinski definition) is 7. The molecule has 0 N–H and O–H groups in total. The Morgan fingerprint density at radius 1 is 1.43 bits per heavy atom. The van der Waals surface area contributed by atoms with Gasteiger partial charge in [0.25, 0.3) is 5.69 Å². The van der Waals surface area contributed by atoms with Crippen LogP contribution in [0.1, 0.15) is 0 Å². The van der Waals surface area contributed by atoms with Gasteiger partial charge in [0.15, 0.2) is 5.37 Å². The predicted molar refractivity (Wildman–Crippen MR) is 75.3 cm³/mol. The zero-order chi connectivity index (χ0) is 15.6. The maximum Gasteiger partial charge on any atom is 0.334 e. The Balaban J connectivity index is 2.32. The summed E-state index contributed by atoms with van der Waals surface area (Å²) in [4.78, 5) is 21.5. The number of carbonyl (C=O) groups is 1. The molecule has 10 heteroatoms. The van der Waals surface area contributed by atoms with E-state index in [0.29, 0.717) is 5.75 Å². The molecule has 1 aliphatic rings. The van der Waals surface area contributed by atoms with Crippen molar-refractivity contribution in [2.45, 2.75) is 10.3 Å². The molecule has 0 amide bonds. The van der Waals surface area contributed by atoms with Crippen molar-refractivity contribution >= 4 is 33.4 Å². The molecule has 0 radical (unpaired) electrons. The highest BCUT2D eigenvalue weighted by molar-refractivity contribution is 8.02. The molecular weight excluding hydrogens is 320 g/mol. The van der Waals surface area contributed by atoms with E-state index in [-0.39, 0.29) is 17.1 Å². The van der Waals surface area contributed by atoms with Crippen molar-refractivity contribution in [2.75, 3.05) is 19.4 Å². The maximum atomic E-state index is 12.5. The Morgan fingerprint density at radius 2 is 2.05 bits per heavy atom. The van der Waals surface area contributed by atoms with Crippen molar-refractivity contribution in [2.24, 2.45) is 0 Å². The van der Waals surface area contributed by atoms with E-state index in [1.165, 1.54) is 18.9 Å². The number of thioether (sulfide) groups is 1. The van der Waals surface area contributed by atoms with Gasteiger partial charge in [0.1, 0.15) is 0 Å². The van der Waals surface area contributed by atoms with Crippen molar-refractivity contribution in [1.82, 2.24) is 4.31 Å². The third kappa shape index (κ3) is 3.01. The van der Waals surface area contributed by atoms with Crippen LogP contribution in [0.2, 0.25) is 0 Å². The molecule has 2 rings (SSSR count). The van der Waals surface area contributed by atoms with Gasteiger partial charge < -0.3 is 4.74 Å². The van der Waals surface area contributed by atoms with Crippen molar-refractivity contribution < 1.29 is 22.9 Å². The average molecular weight is 332 g/mol. The van der Waals surface area contributed by atoms with Gasteiger partial charge in [0.05, 0.1) is 16.9 Å². The fraction of sp³-hybridized carbons (Fsp3) is 0.364. The maximum absolute atomic E-state index is 12.5. The normalized spacial score (nSPS) is 19.4. The highest BCUT2D eigenvalue weighted by Gasteiger charge is 2.40. The molecule has 0 bridgehead atoms. The average Bonchev–Trinajstić information content (AvgIpc) is 2.96. The lowest BCUT2D eigenvalue weighted by atomic mass is 10.3. The molecule has 0 spiro atoms. The van der Waals surface area contributed by atoms with Gasteiger partial charge in [-0.2, -0.15) is 4.31 Å². The summed E-state index contributed by atoms with van der Waals surface area (Å²) in [7, 11) is -2.70. The summed E-state index contributed by atoms with van der Waals surface area (Å²) in [6.45, 7) is 0.184. The first-order valence-corrected chi connectivity index (χ1v) is 8.32. The van der Waals surface area contributed by atoms with Gasteiger partial charge in [-0.3, -0.25) is 10.1 Å². The largest absolute Gasteiger partial charge is 0.467 e. The van der Waals surface area contributed by atoms with Gasteiger partial charge in [-0.15, -0.1) is 11.8 Å². The summed E-state index contributed by atoms with van der Waals surface area (Å²) in [6.07, 6.45) is 0. The number of esters is 1. The minimum Gasteiger partial charge on any atom is -0.467 e. The smallest absolute Gasteiger partial charge is 0.334 e. The van der Waals surface area contributed by atoms with E-state index >= 15 is 0 Å². The van der Waals surface area contributed by atoms with E-state index in [2.05, 4.69) is 4.74 Å². The van der Waals surface area contributed by atoms with E-state index < -0.39 is 26.3 Å². The summed E-state index contributed by atoms with van der Waals surface area (Å²) in [6, 6.07) is 4.54. The van der Waals surface area contributed by atoms with Gasteiger partial charge in [-0.05, 0) is 12.1 Å². The molecule has 1 aliphatic heterocycles. The van der Waals surface area contributed by atoms with Crippen molar-refractivity contribution in [3.05, 3.63) is 34.4 Å². The van der Waals surface area contributed by atoms with Crippen LogP contribution >= 0.6 is 11.8 Å². The first-order chi connectivity index (χ1) is 9.87. The summed E-state index contributed by atoms with van der Waals surface area (Å²) < 4.78 is 30.6. The van der Waals surface area contributed by atoms with Gasteiger partial charge in [-0.1, -0.05) is 0 Å². The molecular formula is C11H12N2O6S2. The van der Waals surface area contributed by atoms with E-state index in [1.807, 2.05) is 0 Å². The third-order valence-corrected chi connectivity index (χ3v) is 6.10. The Hall–Kier alpha value is -1.65. The lowest BCUT2D eigenvalue weighted by Gasteiger charge is -2.21. The first kappa shape index (κ1) is 15.7. The topological polar surface area (TPSA) is 107 Å². The number of nitro groups is 1. The van der Waals surface area contributed by atoms with Crippen LogP contribution in [0.4, 0.5) is 5.69 Å². The molecule has 1 saturated heterocycles. The molecule has 0 aliphatic carbocycles. The number of benzene rings is 1. The van der Waals surface area contributed by atoms with Crippen molar-refractivity contribution in [3.63, 3.8) is 0 Å². The highest BCUT2D eigenvalue weighted by Crippen LogP contribution is 2.31. The minimum absolute atomic E-state index is 0.0931. The highest BCUT2D eigenvalue weighted by atomic mass is 32.2. The second-order valence-corrected chi connectivity index (χ2v) is 7.19. The number of methoxy groups -OCH3 is 1. The fourth-order valence-corrected chi connectivity index (χ4v) is 4.95. The summed E-state index contributed by atoms with van der Waals surface area (Å²) in [5, 5.41) is 9.66. The van der Waals surface area contributed by atoms with Gasteiger partial charge in [0.2, 0.25) is 10.0 Å². The second-order valence-electron chi connectivity index (χ2n) is 4.11. The van der Waals surface area contributed by atoms with E-state index in [9.17, 15) is 23.3 Å². The van der Waals surface area contributed by atoms with Crippen LogP contribution < -0.4 is 0 Å². The summed E-state index contributed by atoms with van der Waals surface area (Å²) in [5.41, 5.74) is -0.200. The molecule has 21 heavy (non-hydrogen) atoms. The van der Waals surface area contributed by atoms with Crippen LogP contribution in [0, 0.1) is 10.1 Å². The standard InChI is InChI=1S/C11H12N2O6S2/c1-19-11(14)10-12(6-7-20-10)21(17,18)9-4-2-8(3-5-9)13(15)16/h2-5,10H,6-7H2,1H3/t10-/m0/s1. The number of rotatable bonds is 4. The number of carbonyl (C=O) groups excluding carboxylic acids is 1. The quantitative estimate of drug-likeness (QED) is 0.456. The van der Waals surface area contributed by atoms with Crippen molar-refractivity contribution in [1.29, 1.82) is 0 Å². The molecule has 1 fully saturated rings. The third-order valence-electron chi connectivity index (χ3n) is 2.91. The number of nitrogens with zero attached hydrogens (tertiary/aromatic N) is 2. The molecule has 1 aromatic rings. The zero-order valence-corrected chi connectivity index (χ0v) is 12.6. The van der Waals surface area contributed by atoms with E-state index in [1.54, 1.807) is 0 Å². The van der Waals surface area contributed by atoms with Crippen LogP contribution in [0.25, 0.3) is 0 Å². The number of hydrogen-bond donors (Lipinski definition) is 0. The fourth-order valence-electron chi connectivity index (χ4n) is 1.86. The van der Waals surface area contributed by atoms with Gasteiger partial charge in [0, 0.05) is 24.4 Å². The van der Waals surface area contributed by atoms with Crippen molar-refractivity contribution in [3.8, 4) is 0 Å². The molecule has 114 valence electrons. The molecule has 1 aromatic carbocycles.